The van der Waals surface area contributed by atoms with E-state index >= 15 is 0 Å². The first-order chi connectivity index (χ1) is 18.1. The van der Waals surface area contributed by atoms with Gasteiger partial charge in [-0.3, -0.25) is 4.79 Å². The molecular weight excluding hydrogens is 496 g/mol. The highest BCUT2D eigenvalue weighted by Gasteiger charge is 2.42. The summed E-state index contributed by atoms with van der Waals surface area (Å²) < 4.78 is 19.5. The number of hydrogen-bond acceptors (Lipinski definition) is 6. The first kappa shape index (κ1) is 28.1. The monoisotopic (exact) mass is 538 g/mol. The molecule has 3 aromatic rings. The molecule has 1 aliphatic carbocycles. The van der Waals surface area contributed by atoms with Crippen LogP contribution < -0.4 is 14.8 Å². The Morgan fingerprint density at radius 3 is 2.47 bits per heavy atom. The van der Waals surface area contributed by atoms with Gasteiger partial charge in [0.1, 0.15) is 29.7 Å². The number of ether oxygens (including phenoxy) is 3. The molecule has 1 aromatic carbocycles. The van der Waals surface area contributed by atoms with Crippen LogP contribution in [0.4, 0.5) is 5.82 Å². The van der Waals surface area contributed by atoms with E-state index in [1.165, 1.54) is 0 Å². The predicted octanol–water partition coefficient (Wildman–Crippen LogP) is 5.56. The van der Waals surface area contributed by atoms with Crippen molar-refractivity contribution in [2.24, 2.45) is 11.8 Å². The second-order valence-electron chi connectivity index (χ2n) is 11.6. The molecule has 9 heteroatoms. The Morgan fingerprint density at radius 2 is 1.84 bits per heavy atom. The molecule has 1 N–H and O–H groups in total. The van der Waals surface area contributed by atoms with E-state index in [0.717, 1.165) is 59.1 Å². The minimum Gasteiger partial charge on any atom is -0.496 e. The molecule has 2 aromatic heterocycles. The van der Waals surface area contributed by atoms with Gasteiger partial charge in [0.2, 0.25) is 5.91 Å². The number of benzene rings is 1. The molecule has 1 aliphatic rings. The average Bonchev–Trinajstić information content (AvgIpc) is 3.58. The highest BCUT2D eigenvalue weighted by atomic mass is 28.3. The topological polar surface area (TPSA) is 77.9 Å². The molecule has 0 aliphatic heterocycles. The summed E-state index contributed by atoms with van der Waals surface area (Å²) in [6, 6.07) is 10.7. The molecule has 0 spiro atoms. The van der Waals surface area contributed by atoms with Gasteiger partial charge in [0, 0.05) is 37.7 Å². The molecule has 0 bridgehead atoms. The molecule has 1 fully saturated rings. The molecule has 8 nitrogen and oxygen atoms in total. The van der Waals surface area contributed by atoms with Gasteiger partial charge in [-0.1, -0.05) is 25.7 Å². The van der Waals surface area contributed by atoms with Crippen LogP contribution in [0, 0.1) is 11.8 Å². The van der Waals surface area contributed by atoms with Gasteiger partial charge in [-0.15, -0.1) is 0 Å². The van der Waals surface area contributed by atoms with E-state index < -0.39 is 8.07 Å². The van der Waals surface area contributed by atoms with E-state index in [0.29, 0.717) is 25.1 Å². The quantitative estimate of drug-likeness (QED) is 0.227. The Hall–Kier alpha value is -2.88. The summed E-state index contributed by atoms with van der Waals surface area (Å²) in [5, 5.41) is 4.00. The van der Waals surface area contributed by atoms with Crippen LogP contribution in [0.3, 0.4) is 0 Å². The number of fused-ring (bicyclic) bond motifs is 1. The Labute approximate surface area is 227 Å². The highest BCUT2D eigenvalue weighted by Crippen LogP contribution is 2.43. The van der Waals surface area contributed by atoms with E-state index in [1.54, 1.807) is 14.2 Å². The van der Waals surface area contributed by atoms with E-state index in [-0.39, 0.29) is 11.8 Å². The van der Waals surface area contributed by atoms with Crippen LogP contribution in [0.5, 0.6) is 11.5 Å². The van der Waals surface area contributed by atoms with Gasteiger partial charge in [-0.05, 0) is 69.7 Å². The zero-order valence-corrected chi connectivity index (χ0v) is 24.8. The second kappa shape index (κ2) is 11.9. The van der Waals surface area contributed by atoms with E-state index in [1.807, 2.05) is 41.1 Å². The van der Waals surface area contributed by atoms with Crippen molar-refractivity contribution in [1.29, 1.82) is 0 Å². The molecule has 2 heterocycles. The first-order valence-corrected chi connectivity index (χ1v) is 17.1. The number of carbonyl (C=O) groups excluding carboxylic acids is 1. The fraction of sp³-hybridized carbons (Fsp3) is 0.517. The van der Waals surface area contributed by atoms with Crippen molar-refractivity contribution in [3.8, 4) is 22.6 Å². The van der Waals surface area contributed by atoms with E-state index in [9.17, 15) is 4.79 Å². The maximum absolute atomic E-state index is 12.9. The first-order valence-electron chi connectivity index (χ1n) is 13.4. The summed E-state index contributed by atoms with van der Waals surface area (Å²) >= 11 is 0. The summed E-state index contributed by atoms with van der Waals surface area (Å²) in [6.45, 7) is 9.10. The molecule has 2 atom stereocenters. The average molecular weight is 539 g/mol. The Bertz CT molecular complexity index is 1250. The third kappa shape index (κ3) is 6.75. The van der Waals surface area contributed by atoms with Gasteiger partial charge < -0.3 is 29.0 Å². The number of aromatic nitrogens is 2. The van der Waals surface area contributed by atoms with Gasteiger partial charge >= 0.3 is 0 Å². The van der Waals surface area contributed by atoms with Crippen molar-refractivity contribution < 1.29 is 19.0 Å². The van der Waals surface area contributed by atoms with Crippen LogP contribution in [0.2, 0.25) is 25.7 Å². The molecule has 38 heavy (non-hydrogen) atoms. The molecular formula is C29H42N4O4Si. The Morgan fingerprint density at radius 1 is 1.13 bits per heavy atom. The van der Waals surface area contributed by atoms with Crippen molar-refractivity contribution in [3.05, 3.63) is 36.5 Å². The Balaban J connectivity index is 1.63. The fourth-order valence-corrected chi connectivity index (χ4v) is 5.48. The molecule has 206 valence electrons. The van der Waals surface area contributed by atoms with Crippen LogP contribution in [0.15, 0.2) is 36.5 Å². The third-order valence-electron chi connectivity index (χ3n) is 7.10. The number of carbonyl (C=O) groups is 1. The molecule has 4 rings (SSSR count). The zero-order valence-electron chi connectivity index (χ0n) is 23.8. The lowest BCUT2D eigenvalue weighted by atomic mass is 10.0. The zero-order chi connectivity index (χ0) is 27.4. The minimum absolute atomic E-state index is 0.0525. The lowest BCUT2D eigenvalue weighted by Gasteiger charge is -2.15. The smallest absolute Gasteiger partial charge is 0.228 e. The number of nitrogens with one attached hydrogen (secondary N) is 1. The lowest BCUT2D eigenvalue weighted by Crippen LogP contribution is -2.22. The van der Waals surface area contributed by atoms with Crippen molar-refractivity contribution in [2.45, 2.75) is 45.3 Å². The summed E-state index contributed by atoms with van der Waals surface area (Å²) in [5.41, 5.74) is 2.56. The van der Waals surface area contributed by atoms with Gasteiger partial charge in [-0.2, -0.15) is 0 Å². The summed E-state index contributed by atoms with van der Waals surface area (Å²) in [4.78, 5) is 20.0. The third-order valence-corrected chi connectivity index (χ3v) is 8.81. The molecule has 1 amide bonds. The van der Waals surface area contributed by atoms with Crippen LogP contribution in [0.1, 0.15) is 12.8 Å². The van der Waals surface area contributed by atoms with Crippen molar-refractivity contribution in [2.75, 3.05) is 46.8 Å². The normalized spacial score (nSPS) is 17.2. The van der Waals surface area contributed by atoms with Crippen molar-refractivity contribution in [1.82, 2.24) is 14.5 Å². The summed E-state index contributed by atoms with van der Waals surface area (Å²) in [6.07, 6.45) is 4.02. The van der Waals surface area contributed by atoms with Crippen LogP contribution in [-0.4, -0.2) is 69.9 Å². The molecule has 0 unspecified atom stereocenters. The summed E-state index contributed by atoms with van der Waals surface area (Å²) in [7, 11) is 6.24. The highest BCUT2D eigenvalue weighted by molar-refractivity contribution is 6.76. The summed E-state index contributed by atoms with van der Waals surface area (Å²) in [5.74, 6) is 2.57. The number of nitrogens with zero attached hydrogens (tertiary/aromatic N) is 3. The van der Waals surface area contributed by atoms with Crippen LogP contribution in [0.25, 0.3) is 22.2 Å². The van der Waals surface area contributed by atoms with E-state index in [4.69, 9.17) is 19.2 Å². The van der Waals surface area contributed by atoms with Crippen LogP contribution in [-0.2, 0) is 16.3 Å². The van der Waals surface area contributed by atoms with Gasteiger partial charge in [-0.25, -0.2) is 4.98 Å². The number of amides is 1. The fourth-order valence-electron chi connectivity index (χ4n) is 4.72. The number of pyridine rings is 1. The largest absolute Gasteiger partial charge is 0.496 e. The predicted molar refractivity (Wildman–Crippen MR) is 156 cm³/mol. The number of rotatable bonds is 13. The van der Waals surface area contributed by atoms with Crippen molar-refractivity contribution in [3.63, 3.8) is 0 Å². The molecule has 0 saturated heterocycles. The van der Waals surface area contributed by atoms with Crippen molar-refractivity contribution >= 4 is 30.8 Å². The number of hydrogen-bond donors (Lipinski definition) is 1. The maximum Gasteiger partial charge on any atom is 0.228 e. The number of anilines is 1. The van der Waals surface area contributed by atoms with Gasteiger partial charge in [0.25, 0.3) is 0 Å². The van der Waals surface area contributed by atoms with Gasteiger partial charge in [0.15, 0.2) is 0 Å². The van der Waals surface area contributed by atoms with E-state index in [2.05, 4.69) is 44.0 Å². The van der Waals surface area contributed by atoms with Gasteiger partial charge in [0.05, 0.1) is 19.8 Å². The standard InChI is InChI=1S/C29H42N4O4Si/c1-32(2)14-13-20-17-22(20)29(34)31-26-12-11-21-23(27-24(35-3)9-8-10-25(27)36-4)18-33(28(21)30-26)19-37-15-16-38(5,6)7/h8-12,18,20,22H,13-17,19H2,1-7H3,(H,30,31,34)/t20-,22-/m1/s1. The lowest BCUT2D eigenvalue weighted by molar-refractivity contribution is -0.117. The second-order valence-corrected chi connectivity index (χ2v) is 17.3. The molecule has 0 radical (unpaired) electrons. The SMILES string of the molecule is COc1cccc(OC)c1-c1cn(COCC[Si](C)(C)C)c2nc(NC(=O)[C@@H]3C[C@H]3CCN(C)C)ccc12. The maximum atomic E-state index is 12.9. The van der Waals surface area contributed by atoms with Crippen LogP contribution >= 0.6 is 0 Å². The number of methoxy groups -OCH3 is 2. The molecule has 1 saturated carbocycles. The minimum atomic E-state index is -1.20. The Kier molecular flexibility index (Phi) is 8.80.